The van der Waals surface area contributed by atoms with Crippen molar-refractivity contribution < 1.29 is 5.11 Å². The van der Waals surface area contributed by atoms with Gasteiger partial charge in [-0.2, -0.15) is 0 Å². The molecule has 2 aliphatic rings. The van der Waals surface area contributed by atoms with Gasteiger partial charge in [-0.25, -0.2) is 0 Å². The third-order valence-corrected chi connectivity index (χ3v) is 3.12. The van der Waals surface area contributed by atoms with E-state index in [-0.39, 0.29) is 5.60 Å². The van der Waals surface area contributed by atoms with Crippen LogP contribution in [0.25, 0.3) is 0 Å². The van der Waals surface area contributed by atoms with Gasteiger partial charge in [0.05, 0.1) is 5.60 Å². The van der Waals surface area contributed by atoms with Gasteiger partial charge in [0.15, 0.2) is 0 Å². The Balaban J connectivity index is 1.72. The topological polar surface area (TPSA) is 20.2 Å². The van der Waals surface area contributed by atoms with Crippen LogP contribution in [0.15, 0.2) is 0 Å². The predicted octanol–water partition coefficient (Wildman–Crippen LogP) is 2.09. The normalized spacial score (nSPS) is 31.8. The van der Waals surface area contributed by atoms with Crippen molar-refractivity contribution in [2.24, 2.45) is 5.41 Å². The van der Waals surface area contributed by atoms with Crippen molar-refractivity contribution in [3.8, 4) is 0 Å². The Hall–Kier alpha value is -0.0400. The van der Waals surface area contributed by atoms with Crippen LogP contribution >= 0.6 is 0 Å². The van der Waals surface area contributed by atoms with Crippen LogP contribution in [0.1, 0.15) is 45.4 Å². The minimum absolute atomic E-state index is 0.203. The predicted molar refractivity (Wildman–Crippen MR) is 40.8 cm³/mol. The second-order valence-electron chi connectivity index (χ2n) is 4.54. The van der Waals surface area contributed by atoms with Gasteiger partial charge in [0, 0.05) is 0 Å². The van der Waals surface area contributed by atoms with Crippen molar-refractivity contribution in [1.82, 2.24) is 0 Å². The first-order valence-electron chi connectivity index (χ1n) is 4.34. The molecule has 0 aromatic heterocycles. The van der Waals surface area contributed by atoms with Gasteiger partial charge >= 0.3 is 0 Å². The van der Waals surface area contributed by atoms with Crippen LogP contribution in [0, 0.1) is 5.41 Å². The zero-order valence-corrected chi connectivity index (χ0v) is 6.69. The number of aliphatic hydroxyl groups is 1. The van der Waals surface area contributed by atoms with Crippen molar-refractivity contribution >= 4 is 0 Å². The van der Waals surface area contributed by atoms with Gasteiger partial charge in [-0.15, -0.1) is 0 Å². The largest absolute Gasteiger partial charge is 0.390 e. The maximum Gasteiger partial charge on any atom is 0.0650 e. The molecule has 58 valence electrons. The lowest BCUT2D eigenvalue weighted by molar-refractivity contribution is 0.129. The van der Waals surface area contributed by atoms with Crippen molar-refractivity contribution in [3.63, 3.8) is 0 Å². The van der Waals surface area contributed by atoms with Gasteiger partial charge in [-0.05, 0) is 43.9 Å². The molecule has 0 aromatic rings. The summed E-state index contributed by atoms with van der Waals surface area (Å²) in [6.45, 7) is 2.33. The average Bonchev–Trinajstić information content (AvgIpc) is 2.72. The molecule has 2 rings (SSSR count). The zero-order chi connectivity index (χ0) is 7.24. The standard InChI is InChI=1S/C9H16O/c1-8(2-3-8)4-5-9(10)6-7-9/h10H,2-7H2,1H3. The summed E-state index contributed by atoms with van der Waals surface area (Å²) >= 11 is 0. The Morgan fingerprint density at radius 2 is 1.70 bits per heavy atom. The van der Waals surface area contributed by atoms with E-state index >= 15 is 0 Å². The SMILES string of the molecule is CC1(CCC2(O)CC2)CC1. The first-order valence-corrected chi connectivity index (χ1v) is 4.34. The van der Waals surface area contributed by atoms with Crippen LogP contribution in [0.4, 0.5) is 0 Å². The summed E-state index contributed by atoms with van der Waals surface area (Å²) in [5, 5.41) is 9.52. The van der Waals surface area contributed by atoms with Gasteiger partial charge in [-0.3, -0.25) is 0 Å². The van der Waals surface area contributed by atoms with Crippen molar-refractivity contribution in [2.45, 2.75) is 51.0 Å². The molecule has 1 N–H and O–H groups in total. The molecular weight excluding hydrogens is 124 g/mol. The first kappa shape index (κ1) is 6.66. The van der Waals surface area contributed by atoms with Crippen LogP contribution in [-0.2, 0) is 0 Å². The number of hydrogen-bond acceptors (Lipinski definition) is 1. The summed E-state index contributed by atoms with van der Waals surface area (Å²) in [6, 6.07) is 0. The van der Waals surface area contributed by atoms with Gasteiger partial charge in [0.2, 0.25) is 0 Å². The van der Waals surface area contributed by atoms with Crippen LogP contribution in [0.5, 0.6) is 0 Å². The molecule has 0 atom stereocenters. The van der Waals surface area contributed by atoms with Crippen molar-refractivity contribution in [3.05, 3.63) is 0 Å². The van der Waals surface area contributed by atoms with E-state index in [0.29, 0.717) is 5.41 Å². The zero-order valence-electron chi connectivity index (χ0n) is 6.69. The third-order valence-electron chi connectivity index (χ3n) is 3.12. The van der Waals surface area contributed by atoms with E-state index in [1.54, 1.807) is 0 Å². The van der Waals surface area contributed by atoms with E-state index in [2.05, 4.69) is 6.92 Å². The van der Waals surface area contributed by atoms with E-state index in [4.69, 9.17) is 0 Å². The smallest absolute Gasteiger partial charge is 0.0650 e. The molecule has 0 saturated heterocycles. The van der Waals surface area contributed by atoms with Crippen molar-refractivity contribution in [2.75, 3.05) is 0 Å². The Bertz CT molecular complexity index is 125. The number of hydrogen-bond donors (Lipinski definition) is 1. The van der Waals surface area contributed by atoms with E-state index in [1.807, 2.05) is 0 Å². The second kappa shape index (κ2) is 1.76. The Kier molecular flexibility index (Phi) is 1.17. The molecule has 2 aliphatic carbocycles. The highest BCUT2D eigenvalue weighted by atomic mass is 16.3. The summed E-state index contributed by atoms with van der Waals surface area (Å²) < 4.78 is 0. The fourth-order valence-corrected chi connectivity index (χ4v) is 1.39. The Morgan fingerprint density at radius 1 is 1.10 bits per heavy atom. The van der Waals surface area contributed by atoms with Crippen LogP contribution in [0.3, 0.4) is 0 Å². The molecule has 1 heteroatoms. The monoisotopic (exact) mass is 140 g/mol. The fourth-order valence-electron chi connectivity index (χ4n) is 1.39. The van der Waals surface area contributed by atoms with Crippen molar-refractivity contribution in [1.29, 1.82) is 0 Å². The Morgan fingerprint density at radius 3 is 2.10 bits per heavy atom. The molecule has 10 heavy (non-hydrogen) atoms. The van der Waals surface area contributed by atoms with Crippen LogP contribution < -0.4 is 0 Å². The second-order valence-corrected chi connectivity index (χ2v) is 4.54. The van der Waals surface area contributed by atoms with Crippen LogP contribution in [0.2, 0.25) is 0 Å². The maximum atomic E-state index is 9.52. The summed E-state index contributed by atoms with van der Waals surface area (Å²) in [5.74, 6) is 0. The highest BCUT2D eigenvalue weighted by molar-refractivity contribution is 4.97. The highest BCUT2D eigenvalue weighted by Crippen LogP contribution is 2.52. The summed E-state index contributed by atoms with van der Waals surface area (Å²) in [4.78, 5) is 0. The van der Waals surface area contributed by atoms with E-state index in [0.717, 1.165) is 19.3 Å². The molecule has 0 unspecified atom stereocenters. The van der Waals surface area contributed by atoms with E-state index in [1.165, 1.54) is 19.3 Å². The van der Waals surface area contributed by atoms with E-state index in [9.17, 15) is 5.11 Å². The lowest BCUT2D eigenvalue weighted by Crippen LogP contribution is -2.08. The molecule has 0 heterocycles. The molecule has 0 amide bonds. The van der Waals surface area contributed by atoms with E-state index < -0.39 is 0 Å². The Labute approximate surface area is 62.4 Å². The van der Waals surface area contributed by atoms with Gasteiger partial charge in [0.1, 0.15) is 0 Å². The molecule has 1 nitrogen and oxygen atoms in total. The van der Waals surface area contributed by atoms with Gasteiger partial charge < -0.3 is 5.11 Å². The molecule has 0 spiro atoms. The fraction of sp³-hybridized carbons (Fsp3) is 1.00. The minimum Gasteiger partial charge on any atom is -0.390 e. The average molecular weight is 140 g/mol. The van der Waals surface area contributed by atoms with Gasteiger partial charge in [-0.1, -0.05) is 6.92 Å². The molecular formula is C9H16O. The first-order chi connectivity index (χ1) is 4.62. The highest BCUT2D eigenvalue weighted by Gasteiger charge is 2.44. The summed E-state index contributed by atoms with van der Waals surface area (Å²) in [6.07, 6.45) is 7.21. The summed E-state index contributed by atoms with van der Waals surface area (Å²) in [7, 11) is 0. The molecule has 0 radical (unpaired) electrons. The molecule has 2 fully saturated rings. The number of rotatable bonds is 3. The van der Waals surface area contributed by atoms with Crippen LogP contribution in [-0.4, -0.2) is 10.7 Å². The summed E-state index contributed by atoms with van der Waals surface area (Å²) in [5.41, 5.74) is 0.434. The molecule has 0 aromatic carbocycles. The lowest BCUT2D eigenvalue weighted by Gasteiger charge is -2.10. The maximum absolute atomic E-state index is 9.52. The van der Waals surface area contributed by atoms with Gasteiger partial charge in [0.25, 0.3) is 0 Å². The minimum atomic E-state index is -0.203. The molecule has 0 bridgehead atoms. The third kappa shape index (κ3) is 1.34. The lowest BCUT2D eigenvalue weighted by atomic mass is 10.00. The quantitative estimate of drug-likeness (QED) is 0.636. The molecule has 0 aliphatic heterocycles. The molecule has 2 saturated carbocycles.